The van der Waals surface area contributed by atoms with Gasteiger partial charge in [0.05, 0.1) is 18.6 Å². The van der Waals surface area contributed by atoms with Gasteiger partial charge in [0.1, 0.15) is 23.6 Å². The summed E-state index contributed by atoms with van der Waals surface area (Å²) in [7, 11) is -3.30. The molecule has 8 nitrogen and oxygen atoms in total. The second kappa shape index (κ2) is 10.2. The Labute approximate surface area is 163 Å². The van der Waals surface area contributed by atoms with Crippen molar-refractivity contribution in [1.82, 2.24) is 0 Å². The van der Waals surface area contributed by atoms with Crippen LogP contribution >= 0.6 is 0 Å². The summed E-state index contributed by atoms with van der Waals surface area (Å²) in [6, 6.07) is 17.7. The van der Waals surface area contributed by atoms with Crippen molar-refractivity contribution in [3.8, 4) is 17.1 Å². The number of hydrogen-bond acceptors (Lipinski definition) is 7. The van der Waals surface area contributed by atoms with Crippen molar-refractivity contribution in [3.63, 3.8) is 0 Å². The van der Waals surface area contributed by atoms with Crippen molar-refractivity contribution >= 4 is 11.0 Å². The molecule has 0 aliphatic rings. The molecule has 0 unspecified atom stereocenters. The standard InChI is InChI=1S/C19H19NO3.ClHO4/c1-22-15-8-9-18-16(12-15)17(20-10-5-11-21)13-19(23-18)14-6-3-2-4-7-14;2-1(3,4)5/h2-4,6-9,12-13,21H,5,10-11H2,1H3;(H,2,3,4,5). The number of nitrogens with one attached hydrogen (secondary N) is 1. The second-order valence-electron chi connectivity index (χ2n) is 5.63. The van der Waals surface area contributed by atoms with E-state index in [1.54, 1.807) is 7.11 Å². The molecule has 0 atom stereocenters. The predicted molar refractivity (Wildman–Crippen MR) is 88.9 cm³/mol. The summed E-state index contributed by atoms with van der Waals surface area (Å²) in [5.74, 6) is 1.58. The van der Waals surface area contributed by atoms with Crippen LogP contribution in [0.1, 0.15) is 6.42 Å². The highest BCUT2D eigenvalue weighted by Crippen LogP contribution is 2.23. The Hall–Kier alpha value is -2.46. The Bertz CT molecular complexity index is 946. The van der Waals surface area contributed by atoms with Crippen molar-refractivity contribution in [3.05, 3.63) is 60.0 Å². The zero-order valence-electron chi connectivity index (χ0n) is 15.1. The average Bonchev–Trinajstić information content (AvgIpc) is 2.67. The molecule has 1 aromatic heterocycles. The van der Waals surface area contributed by atoms with E-state index >= 15 is 0 Å². The molecule has 150 valence electrons. The highest BCUT2D eigenvalue weighted by Gasteiger charge is 2.09. The van der Waals surface area contributed by atoms with Gasteiger partial charge >= 0.3 is 0 Å². The number of benzene rings is 2. The van der Waals surface area contributed by atoms with Gasteiger partial charge in [0, 0.05) is 18.6 Å². The topological polar surface area (TPSA) is 149 Å². The van der Waals surface area contributed by atoms with Crippen LogP contribution in [-0.4, -0.2) is 25.4 Å². The minimum Gasteiger partial charge on any atom is -0.497 e. The monoisotopic (exact) mass is 409 g/mol. The van der Waals surface area contributed by atoms with Gasteiger partial charge in [0.2, 0.25) is 5.36 Å². The molecule has 0 bridgehead atoms. The molecular formula is C19H20ClNO7. The summed E-state index contributed by atoms with van der Waals surface area (Å²) in [6.07, 6.45) is 0.693. The molecule has 0 aliphatic heterocycles. The maximum absolute atomic E-state index is 8.99. The van der Waals surface area contributed by atoms with Crippen LogP contribution in [0.25, 0.3) is 22.3 Å². The minimum atomic E-state index is -4.94. The normalized spacial score (nSPS) is 11.9. The first kappa shape index (κ1) is 21.8. The fourth-order valence-corrected chi connectivity index (χ4v) is 2.49. The van der Waals surface area contributed by atoms with Crippen LogP contribution < -0.4 is 33.7 Å². The first-order valence-corrected chi connectivity index (χ1v) is 9.52. The second-order valence-corrected chi connectivity index (χ2v) is 6.39. The van der Waals surface area contributed by atoms with Gasteiger partial charge in [-0.2, -0.15) is 0 Å². The molecule has 2 aromatic carbocycles. The quantitative estimate of drug-likeness (QED) is 0.419. The number of ether oxygens (including phenoxy) is 1. The van der Waals surface area contributed by atoms with Gasteiger partial charge in [-0.3, -0.25) is 0 Å². The lowest BCUT2D eigenvalue weighted by atomic mass is 10.1. The molecule has 2 N–H and O–H groups in total. The molecule has 0 saturated heterocycles. The molecule has 0 spiro atoms. The molecule has 0 amide bonds. The Kier molecular flexibility index (Phi) is 7.94. The number of methoxy groups -OCH3 is 1. The summed E-state index contributed by atoms with van der Waals surface area (Å²) < 4.78 is 45.3. The molecule has 3 rings (SSSR count). The first-order chi connectivity index (χ1) is 13.3. The van der Waals surface area contributed by atoms with E-state index in [0.717, 1.165) is 33.4 Å². The molecule has 0 saturated carbocycles. The number of aliphatic hydroxyl groups excluding tert-OH is 1. The molecular weight excluding hydrogens is 390 g/mol. The minimum absolute atomic E-state index is 0.164. The molecule has 1 heterocycles. The summed E-state index contributed by atoms with van der Waals surface area (Å²) in [5, 5.41) is 10.9. The van der Waals surface area contributed by atoms with Crippen LogP contribution in [0.3, 0.4) is 0 Å². The van der Waals surface area contributed by atoms with Gasteiger partial charge < -0.3 is 14.3 Å². The lowest BCUT2D eigenvalue weighted by molar-refractivity contribution is -2.00. The molecule has 28 heavy (non-hydrogen) atoms. The molecule has 3 aromatic rings. The summed E-state index contributed by atoms with van der Waals surface area (Å²) in [6.45, 7) is 0.859. The lowest BCUT2D eigenvalue weighted by Crippen LogP contribution is -2.76. The Balaban J connectivity index is 0.000000500. The number of hydrogen-bond donors (Lipinski definition) is 2. The van der Waals surface area contributed by atoms with E-state index in [2.05, 4.69) is 4.99 Å². The highest BCUT2D eigenvalue weighted by molar-refractivity contribution is 5.79. The fraction of sp³-hybridized carbons (Fsp3) is 0.211. The van der Waals surface area contributed by atoms with Crippen LogP contribution in [0.15, 0.2) is 59.0 Å². The van der Waals surface area contributed by atoms with Crippen LogP contribution in [0.5, 0.6) is 5.75 Å². The van der Waals surface area contributed by atoms with Crippen molar-refractivity contribution in [2.24, 2.45) is 0 Å². The maximum atomic E-state index is 8.99. The van der Waals surface area contributed by atoms with E-state index < -0.39 is 10.2 Å². The van der Waals surface area contributed by atoms with E-state index in [1.807, 2.05) is 54.6 Å². The number of halogens is 1. The summed E-state index contributed by atoms with van der Waals surface area (Å²) in [4.78, 5) is 3.37. The number of aliphatic hydroxyl groups is 1. The van der Waals surface area contributed by atoms with E-state index in [9.17, 15) is 0 Å². The van der Waals surface area contributed by atoms with Crippen LogP contribution in [-0.2, 0) is 0 Å². The third-order valence-electron chi connectivity index (χ3n) is 3.68. The fourth-order valence-electron chi connectivity index (χ4n) is 2.49. The van der Waals surface area contributed by atoms with Gasteiger partial charge in [-0.05, 0) is 18.2 Å². The number of fused-ring (bicyclic) bond motifs is 1. The van der Waals surface area contributed by atoms with Gasteiger partial charge in [-0.25, -0.2) is 23.6 Å². The van der Waals surface area contributed by atoms with Crippen molar-refractivity contribution < 1.29 is 48.1 Å². The van der Waals surface area contributed by atoms with Crippen LogP contribution in [0.4, 0.5) is 0 Å². The molecule has 0 fully saturated rings. The SMILES string of the molecule is COc1ccc2oc(-c3ccccc3)cc(=[NH+]CCCO)c2c1.[O-][Cl+3]([O-])([O-])[O-]. The van der Waals surface area contributed by atoms with Crippen molar-refractivity contribution in [2.75, 3.05) is 20.3 Å². The highest BCUT2D eigenvalue weighted by atomic mass is 35.7. The summed E-state index contributed by atoms with van der Waals surface area (Å²) >= 11 is 0. The Morgan fingerprint density at radius 2 is 1.71 bits per heavy atom. The van der Waals surface area contributed by atoms with Crippen LogP contribution in [0, 0.1) is 10.2 Å². The van der Waals surface area contributed by atoms with E-state index in [-0.39, 0.29) is 6.61 Å². The number of rotatable bonds is 5. The molecule has 0 aliphatic carbocycles. The van der Waals surface area contributed by atoms with E-state index in [0.29, 0.717) is 13.0 Å². The molecule has 0 radical (unpaired) electrons. The Morgan fingerprint density at radius 1 is 1.04 bits per heavy atom. The smallest absolute Gasteiger partial charge is 0.213 e. The lowest BCUT2D eigenvalue weighted by Gasteiger charge is -2.17. The third kappa shape index (κ3) is 6.93. The maximum Gasteiger partial charge on any atom is 0.213 e. The largest absolute Gasteiger partial charge is 0.497 e. The molecule has 9 heteroatoms. The van der Waals surface area contributed by atoms with Gasteiger partial charge in [0.15, 0.2) is 0 Å². The van der Waals surface area contributed by atoms with E-state index in [1.165, 1.54) is 0 Å². The van der Waals surface area contributed by atoms with Crippen molar-refractivity contribution in [1.29, 1.82) is 0 Å². The van der Waals surface area contributed by atoms with Gasteiger partial charge in [-0.15, -0.1) is 10.2 Å². The van der Waals surface area contributed by atoms with Crippen LogP contribution in [0.2, 0.25) is 0 Å². The zero-order valence-corrected chi connectivity index (χ0v) is 15.8. The zero-order chi connectivity index (χ0) is 20.6. The third-order valence-corrected chi connectivity index (χ3v) is 3.68. The van der Waals surface area contributed by atoms with Gasteiger partial charge in [0.25, 0.3) is 0 Å². The van der Waals surface area contributed by atoms with E-state index in [4.69, 9.17) is 32.9 Å². The Morgan fingerprint density at radius 3 is 2.32 bits per heavy atom. The van der Waals surface area contributed by atoms with Crippen molar-refractivity contribution in [2.45, 2.75) is 6.42 Å². The summed E-state index contributed by atoms with van der Waals surface area (Å²) in [5.41, 5.74) is 1.81. The average molecular weight is 410 g/mol. The predicted octanol–water partition coefficient (Wildman–Crippen LogP) is -3.28. The first-order valence-electron chi connectivity index (χ1n) is 8.28. The van der Waals surface area contributed by atoms with Gasteiger partial charge in [-0.1, -0.05) is 30.3 Å².